The standard InChI is InChI=1S/C19H26F3N3O2S/c1-2-3-4-5-6-7-10-27-16-9-8-13(11-14(16)19(20,21)22)17-24-25-18(28-17)15(23)12-26/h8-9,11,15,26H,2-7,10,12,23H2,1H3/t15-/m0/s1. The lowest BCUT2D eigenvalue weighted by molar-refractivity contribution is -0.138. The lowest BCUT2D eigenvalue weighted by Crippen LogP contribution is -2.13. The Hall–Kier alpha value is -1.71. The van der Waals surface area contributed by atoms with Crippen LogP contribution in [0, 0.1) is 0 Å². The van der Waals surface area contributed by atoms with Gasteiger partial charge in [0.2, 0.25) is 0 Å². The summed E-state index contributed by atoms with van der Waals surface area (Å²) in [5, 5.41) is 17.5. The molecule has 1 aromatic heterocycles. The molecule has 9 heteroatoms. The van der Waals surface area contributed by atoms with Crippen molar-refractivity contribution in [3.05, 3.63) is 28.8 Å². The highest BCUT2D eigenvalue weighted by Crippen LogP contribution is 2.39. The van der Waals surface area contributed by atoms with Crippen LogP contribution in [-0.4, -0.2) is 28.5 Å². The van der Waals surface area contributed by atoms with Crippen molar-refractivity contribution in [2.75, 3.05) is 13.2 Å². The summed E-state index contributed by atoms with van der Waals surface area (Å²) in [5.41, 5.74) is 5.12. The van der Waals surface area contributed by atoms with Crippen molar-refractivity contribution >= 4 is 11.3 Å². The van der Waals surface area contributed by atoms with E-state index >= 15 is 0 Å². The van der Waals surface area contributed by atoms with Gasteiger partial charge in [0.05, 0.1) is 24.8 Å². The number of aliphatic hydroxyl groups excluding tert-OH is 1. The van der Waals surface area contributed by atoms with Crippen molar-refractivity contribution in [2.45, 2.75) is 57.7 Å². The van der Waals surface area contributed by atoms with Gasteiger partial charge in [-0.05, 0) is 24.6 Å². The summed E-state index contributed by atoms with van der Waals surface area (Å²) >= 11 is 1.06. The van der Waals surface area contributed by atoms with Gasteiger partial charge >= 0.3 is 6.18 Å². The number of rotatable bonds is 11. The van der Waals surface area contributed by atoms with Gasteiger partial charge in [-0.1, -0.05) is 50.4 Å². The maximum absolute atomic E-state index is 13.5. The van der Waals surface area contributed by atoms with Gasteiger partial charge in [0, 0.05) is 5.56 Å². The molecule has 5 nitrogen and oxygen atoms in total. The van der Waals surface area contributed by atoms with Crippen molar-refractivity contribution in [1.82, 2.24) is 10.2 Å². The minimum atomic E-state index is -4.54. The van der Waals surface area contributed by atoms with Crippen LogP contribution in [0.25, 0.3) is 10.6 Å². The molecule has 0 saturated carbocycles. The van der Waals surface area contributed by atoms with Gasteiger partial charge in [0.25, 0.3) is 0 Å². The van der Waals surface area contributed by atoms with Gasteiger partial charge in [-0.25, -0.2) is 0 Å². The third-order valence-corrected chi connectivity index (χ3v) is 5.35. The van der Waals surface area contributed by atoms with E-state index in [1.165, 1.54) is 18.6 Å². The lowest BCUT2D eigenvalue weighted by Gasteiger charge is -2.15. The van der Waals surface area contributed by atoms with E-state index in [1.807, 2.05) is 0 Å². The summed E-state index contributed by atoms with van der Waals surface area (Å²) in [7, 11) is 0. The van der Waals surface area contributed by atoms with Crippen LogP contribution >= 0.6 is 11.3 Å². The van der Waals surface area contributed by atoms with Crippen molar-refractivity contribution in [2.24, 2.45) is 5.73 Å². The van der Waals surface area contributed by atoms with Gasteiger partial charge in [-0.2, -0.15) is 13.2 Å². The van der Waals surface area contributed by atoms with E-state index in [4.69, 9.17) is 15.6 Å². The highest BCUT2D eigenvalue weighted by Gasteiger charge is 2.35. The van der Waals surface area contributed by atoms with Gasteiger partial charge in [0.15, 0.2) is 0 Å². The average molecular weight is 417 g/mol. The number of hydrogen-bond donors (Lipinski definition) is 2. The smallest absolute Gasteiger partial charge is 0.419 e. The first-order valence-electron chi connectivity index (χ1n) is 9.41. The zero-order valence-corrected chi connectivity index (χ0v) is 16.7. The van der Waals surface area contributed by atoms with Crippen LogP contribution in [-0.2, 0) is 6.18 Å². The van der Waals surface area contributed by atoms with Crippen molar-refractivity contribution in [3.63, 3.8) is 0 Å². The Kier molecular flexibility index (Phi) is 8.65. The van der Waals surface area contributed by atoms with Crippen LogP contribution in [0.4, 0.5) is 13.2 Å². The van der Waals surface area contributed by atoms with Gasteiger partial charge in [-0.15, -0.1) is 10.2 Å². The monoisotopic (exact) mass is 417 g/mol. The Balaban J connectivity index is 2.08. The molecule has 156 valence electrons. The van der Waals surface area contributed by atoms with Crippen molar-refractivity contribution < 1.29 is 23.0 Å². The third kappa shape index (κ3) is 6.42. The summed E-state index contributed by atoms with van der Waals surface area (Å²) in [6.45, 7) is 2.07. The second-order valence-corrected chi connectivity index (χ2v) is 7.57. The van der Waals surface area contributed by atoms with Crippen LogP contribution in [0.15, 0.2) is 18.2 Å². The molecule has 0 fully saturated rings. The Morgan fingerprint density at radius 3 is 2.54 bits per heavy atom. The molecule has 0 aliphatic heterocycles. The van der Waals surface area contributed by atoms with E-state index in [-0.39, 0.29) is 24.5 Å². The van der Waals surface area contributed by atoms with E-state index in [2.05, 4.69) is 17.1 Å². The second kappa shape index (κ2) is 10.7. The Morgan fingerprint density at radius 1 is 1.14 bits per heavy atom. The summed E-state index contributed by atoms with van der Waals surface area (Å²) in [5.74, 6) is -0.179. The largest absolute Gasteiger partial charge is 0.493 e. The highest BCUT2D eigenvalue weighted by atomic mass is 32.1. The first-order chi connectivity index (χ1) is 13.4. The predicted octanol–water partition coefficient (Wildman–Crippen LogP) is 4.96. The third-order valence-electron chi connectivity index (χ3n) is 4.24. The fourth-order valence-electron chi connectivity index (χ4n) is 2.65. The van der Waals surface area contributed by atoms with Crippen LogP contribution < -0.4 is 10.5 Å². The first kappa shape index (κ1) is 22.6. The number of aromatic nitrogens is 2. The van der Waals surface area contributed by atoms with Crippen LogP contribution in [0.5, 0.6) is 5.75 Å². The maximum Gasteiger partial charge on any atom is 0.419 e. The normalized spacial score (nSPS) is 12.9. The fraction of sp³-hybridized carbons (Fsp3) is 0.579. The molecule has 0 aliphatic rings. The predicted molar refractivity (Wildman–Crippen MR) is 103 cm³/mol. The van der Waals surface area contributed by atoms with Crippen LogP contribution in [0.1, 0.15) is 62.1 Å². The molecule has 0 spiro atoms. The number of ether oxygens (including phenoxy) is 1. The van der Waals surface area contributed by atoms with Crippen molar-refractivity contribution in [3.8, 4) is 16.3 Å². The van der Waals surface area contributed by atoms with E-state index in [0.29, 0.717) is 10.0 Å². The number of unbranched alkanes of at least 4 members (excludes halogenated alkanes) is 5. The summed E-state index contributed by atoms with van der Waals surface area (Å²) < 4.78 is 45.9. The van der Waals surface area contributed by atoms with Gasteiger partial charge in [-0.3, -0.25) is 0 Å². The maximum atomic E-state index is 13.5. The molecule has 1 heterocycles. The number of nitrogens with two attached hydrogens (primary N) is 1. The minimum Gasteiger partial charge on any atom is -0.493 e. The quantitative estimate of drug-likeness (QED) is 0.505. The number of alkyl halides is 3. The Morgan fingerprint density at radius 2 is 1.86 bits per heavy atom. The molecule has 0 amide bonds. The molecular weight excluding hydrogens is 391 g/mol. The number of hydrogen-bond acceptors (Lipinski definition) is 6. The molecule has 0 saturated heterocycles. The Labute approximate surface area is 166 Å². The fourth-order valence-corrected chi connectivity index (χ4v) is 3.49. The molecule has 28 heavy (non-hydrogen) atoms. The lowest BCUT2D eigenvalue weighted by atomic mass is 10.1. The number of nitrogens with zero attached hydrogens (tertiary/aromatic N) is 2. The topological polar surface area (TPSA) is 81.3 Å². The molecule has 0 bridgehead atoms. The zero-order chi connectivity index (χ0) is 20.6. The number of aliphatic hydroxyl groups is 1. The van der Waals surface area contributed by atoms with Crippen LogP contribution in [0.2, 0.25) is 0 Å². The molecule has 0 aliphatic carbocycles. The van der Waals surface area contributed by atoms with Gasteiger partial charge in [0.1, 0.15) is 15.8 Å². The van der Waals surface area contributed by atoms with E-state index in [1.54, 1.807) is 0 Å². The Bertz CT molecular complexity index is 737. The number of halogens is 3. The molecule has 1 aromatic carbocycles. The minimum absolute atomic E-state index is 0.179. The van der Waals surface area contributed by atoms with Crippen molar-refractivity contribution in [1.29, 1.82) is 0 Å². The molecular formula is C19H26F3N3O2S. The molecule has 2 rings (SSSR count). The number of benzene rings is 1. The van der Waals surface area contributed by atoms with Crippen LogP contribution in [0.3, 0.4) is 0 Å². The highest BCUT2D eigenvalue weighted by molar-refractivity contribution is 7.14. The molecule has 0 radical (unpaired) electrons. The first-order valence-corrected chi connectivity index (χ1v) is 10.2. The SMILES string of the molecule is CCCCCCCCOc1ccc(-c2nnc([C@@H](N)CO)s2)cc1C(F)(F)F. The second-order valence-electron chi connectivity index (χ2n) is 6.56. The van der Waals surface area contributed by atoms with Gasteiger partial charge < -0.3 is 15.6 Å². The molecule has 1 atom stereocenters. The molecule has 0 unspecified atom stereocenters. The zero-order valence-electron chi connectivity index (χ0n) is 15.8. The summed E-state index contributed by atoms with van der Waals surface area (Å²) in [4.78, 5) is 0. The molecule has 3 N–H and O–H groups in total. The average Bonchev–Trinajstić information content (AvgIpc) is 3.16. The summed E-state index contributed by atoms with van der Waals surface area (Å²) in [6, 6.07) is 3.17. The van der Waals surface area contributed by atoms with E-state index < -0.39 is 17.8 Å². The summed E-state index contributed by atoms with van der Waals surface area (Å²) in [6.07, 6.45) is 1.67. The van der Waals surface area contributed by atoms with E-state index in [9.17, 15) is 13.2 Å². The van der Waals surface area contributed by atoms with E-state index in [0.717, 1.165) is 49.5 Å². The molecule has 2 aromatic rings.